The number of nitrogens with zero attached hydrogens (tertiary/aromatic N) is 2. The predicted octanol–water partition coefficient (Wildman–Crippen LogP) is 3.01. The third-order valence-electron chi connectivity index (χ3n) is 2.98. The van der Waals surface area contributed by atoms with Gasteiger partial charge in [-0.2, -0.15) is 4.98 Å². The van der Waals surface area contributed by atoms with E-state index in [4.69, 9.17) is 14.4 Å². The molecule has 0 amide bonds. The van der Waals surface area contributed by atoms with Crippen LogP contribution < -0.4 is 4.74 Å². The molecule has 3 rings (SSSR count). The van der Waals surface area contributed by atoms with E-state index in [1.807, 2.05) is 0 Å². The number of rotatable bonds is 5. The number of hydrogen-bond donors (Lipinski definition) is 1. The normalized spacial score (nSPS) is 10.5. The molecule has 6 nitrogen and oxygen atoms in total. The van der Waals surface area contributed by atoms with Gasteiger partial charge < -0.3 is 14.4 Å². The smallest absolute Gasteiger partial charge is 0.341 e. The molecule has 0 aliphatic heterocycles. The molecule has 3 aromatic rings. The third kappa shape index (κ3) is 3.34. The maximum absolute atomic E-state index is 13.3. The van der Waals surface area contributed by atoms with Crippen molar-refractivity contribution in [1.82, 2.24) is 10.1 Å². The van der Waals surface area contributed by atoms with Crippen LogP contribution in [0.1, 0.15) is 0 Å². The van der Waals surface area contributed by atoms with Crippen LogP contribution in [0.2, 0.25) is 0 Å². The lowest BCUT2D eigenvalue weighted by Crippen LogP contribution is -2.09. The summed E-state index contributed by atoms with van der Waals surface area (Å²) in [7, 11) is 0. The fourth-order valence-electron chi connectivity index (χ4n) is 1.99. The van der Waals surface area contributed by atoms with E-state index in [1.54, 1.807) is 36.4 Å². The minimum absolute atomic E-state index is 0.158. The summed E-state index contributed by atoms with van der Waals surface area (Å²) in [5.41, 5.74) is 0.938. The van der Waals surface area contributed by atoms with Crippen LogP contribution in [0.15, 0.2) is 53.1 Å². The first-order valence-corrected chi connectivity index (χ1v) is 6.67. The van der Waals surface area contributed by atoms with Crippen molar-refractivity contribution in [3.8, 4) is 28.6 Å². The molecule has 0 saturated carbocycles. The van der Waals surface area contributed by atoms with Gasteiger partial charge >= 0.3 is 5.97 Å². The number of ether oxygens (including phenoxy) is 1. The van der Waals surface area contributed by atoms with Crippen LogP contribution in [0.4, 0.5) is 4.39 Å². The Labute approximate surface area is 130 Å². The zero-order chi connectivity index (χ0) is 16.2. The Morgan fingerprint density at radius 1 is 1.22 bits per heavy atom. The molecule has 0 atom stereocenters. The van der Waals surface area contributed by atoms with E-state index in [2.05, 4.69) is 10.1 Å². The Bertz CT molecular complexity index is 847. The molecule has 0 fully saturated rings. The highest BCUT2D eigenvalue weighted by Gasteiger charge is 2.15. The van der Waals surface area contributed by atoms with E-state index < -0.39 is 18.4 Å². The van der Waals surface area contributed by atoms with E-state index in [9.17, 15) is 9.18 Å². The summed E-state index contributed by atoms with van der Waals surface area (Å²) in [5, 5.41) is 12.5. The molecule has 7 heteroatoms. The number of hydrogen-bond acceptors (Lipinski definition) is 5. The van der Waals surface area contributed by atoms with Gasteiger partial charge in [0.05, 0.1) is 5.56 Å². The Morgan fingerprint density at radius 3 is 2.83 bits per heavy atom. The number of aromatic nitrogens is 2. The first kappa shape index (κ1) is 14.7. The zero-order valence-electron chi connectivity index (χ0n) is 11.8. The molecule has 2 aromatic carbocycles. The maximum atomic E-state index is 13.3. The SMILES string of the molecule is O=C(O)COc1ccccc1-c1nc(-c2cccc(F)c2)no1. The van der Waals surface area contributed by atoms with Gasteiger partial charge in [-0.05, 0) is 24.3 Å². The van der Waals surface area contributed by atoms with E-state index in [1.165, 1.54) is 12.1 Å². The van der Waals surface area contributed by atoms with Crippen LogP contribution in [0.5, 0.6) is 5.75 Å². The fraction of sp³-hybridized carbons (Fsp3) is 0.0625. The molecule has 1 heterocycles. The van der Waals surface area contributed by atoms with Crippen molar-refractivity contribution in [3.63, 3.8) is 0 Å². The Balaban J connectivity index is 1.93. The summed E-state index contributed by atoms with van der Waals surface area (Å²) in [6, 6.07) is 12.5. The van der Waals surface area contributed by atoms with Crippen LogP contribution in [0.25, 0.3) is 22.8 Å². The van der Waals surface area contributed by atoms with Gasteiger partial charge in [0.25, 0.3) is 5.89 Å². The molecule has 0 spiro atoms. The van der Waals surface area contributed by atoms with Gasteiger partial charge in [0.2, 0.25) is 5.82 Å². The number of carboxylic acid groups (broad SMARTS) is 1. The second-order valence-corrected chi connectivity index (χ2v) is 4.61. The minimum Gasteiger partial charge on any atom is -0.481 e. The highest BCUT2D eigenvalue weighted by Crippen LogP contribution is 2.30. The highest BCUT2D eigenvalue weighted by molar-refractivity contribution is 5.70. The van der Waals surface area contributed by atoms with Crippen molar-refractivity contribution in [2.75, 3.05) is 6.61 Å². The van der Waals surface area contributed by atoms with Crippen molar-refractivity contribution in [2.45, 2.75) is 0 Å². The summed E-state index contributed by atoms with van der Waals surface area (Å²) in [4.78, 5) is 14.8. The molecule has 0 aliphatic carbocycles. The lowest BCUT2D eigenvalue weighted by atomic mass is 10.2. The largest absolute Gasteiger partial charge is 0.481 e. The molecule has 0 unspecified atom stereocenters. The predicted molar refractivity (Wildman–Crippen MR) is 78.3 cm³/mol. The van der Waals surface area contributed by atoms with E-state index >= 15 is 0 Å². The zero-order valence-corrected chi connectivity index (χ0v) is 11.8. The van der Waals surface area contributed by atoms with Crippen molar-refractivity contribution in [2.24, 2.45) is 0 Å². The Kier molecular flexibility index (Phi) is 4.01. The first-order valence-electron chi connectivity index (χ1n) is 6.67. The van der Waals surface area contributed by atoms with Crippen LogP contribution >= 0.6 is 0 Å². The van der Waals surface area contributed by atoms with Crippen molar-refractivity contribution >= 4 is 5.97 Å². The van der Waals surface area contributed by atoms with E-state index in [0.717, 1.165) is 0 Å². The Hall–Kier alpha value is -3.22. The second-order valence-electron chi connectivity index (χ2n) is 4.61. The summed E-state index contributed by atoms with van der Waals surface area (Å²) >= 11 is 0. The third-order valence-corrected chi connectivity index (χ3v) is 2.98. The number of carbonyl (C=O) groups is 1. The molecular formula is C16H11FN2O4. The molecular weight excluding hydrogens is 303 g/mol. The summed E-state index contributed by atoms with van der Waals surface area (Å²) in [6.07, 6.45) is 0. The van der Waals surface area contributed by atoms with Gasteiger partial charge in [-0.1, -0.05) is 29.4 Å². The number of carboxylic acids is 1. The van der Waals surface area contributed by atoms with Gasteiger partial charge in [0.15, 0.2) is 6.61 Å². The summed E-state index contributed by atoms with van der Waals surface area (Å²) < 4.78 is 23.6. The van der Waals surface area contributed by atoms with Crippen molar-refractivity contribution < 1.29 is 23.6 Å². The van der Waals surface area contributed by atoms with Gasteiger partial charge in [0, 0.05) is 5.56 Å². The molecule has 1 aromatic heterocycles. The molecule has 0 bridgehead atoms. The fourth-order valence-corrected chi connectivity index (χ4v) is 1.99. The number of para-hydroxylation sites is 1. The highest BCUT2D eigenvalue weighted by atomic mass is 19.1. The van der Waals surface area contributed by atoms with Crippen LogP contribution in [-0.4, -0.2) is 27.8 Å². The topological polar surface area (TPSA) is 85.5 Å². The number of halogens is 1. The summed E-state index contributed by atoms with van der Waals surface area (Å²) in [6.45, 7) is -0.484. The van der Waals surface area contributed by atoms with Crippen LogP contribution in [0, 0.1) is 5.82 Å². The van der Waals surface area contributed by atoms with Crippen molar-refractivity contribution in [1.29, 1.82) is 0 Å². The number of benzene rings is 2. The molecule has 23 heavy (non-hydrogen) atoms. The quantitative estimate of drug-likeness (QED) is 0.779. The van der Waals surface area contributed by atoms with Crippen LogP contribution in [-0.2, 0) is 4.79 Å². The molecule has 0 saturated heterocycles. The average molecular weight is 314 g/mol. The number of aliphatic carboxylic acids is 1. The maximum Gasteiger partial charge on any atom is 0.341 e. The molecule has 116 valence electrons. The van der Waals surface area contributed by atoms with Gasteiger partial charge in [-0.15, -0.1) is 0 Å². The van der Waals surface area contributed by atoms with Gasteiger partial charge in [-0.25, -0.2) is 9.18 Å². The Morgan fingerprint density at radius 2 is 2.04 bits per heavy atom. The lowest BCUT2D eigenvalue weighted by molar-refractivity contribution is -0.139. The average Bonchev–Trinajstić information content (AvgIpc) is 3.03. The van der Waals surface area contributed by atoms with E-state index in [0.29, 0.717) is 16.9 Å². The monoisotopic (exact) mass is 314 g/mol. The van der Waals surface area contributed by atoms with Gasteiger partial charge in [-0.3, -0.25) is 0 Å². The molecule has 0 aliphatic rings. The standard InChI is InChI=1S/C16H11FN2O4/c17-11-5-3-4-10(8-11)15-18-16(23-19-15)12-6-1-2-7-13(12)22-9-14(20)21/h1-8H,9H2,(H,20,21). The van der Waals surface area contributed by atoms with Crippen LogP contribution in [0.3, 0.4) is 0 Å². The molecule has 1 N–H and O–H groups in total. The lowest BCUT2D eigenvalue weighted by Gasteiger charge is -2.06. The summed E-state index contributed by atoms with van der Waals surface area (Å²) in [5.74, 6) is -0.799. The first-order chi connectivity index (χ1) is 11.1. The molecule has 0 radical (unpaired) electrons. The van der Waals surface area contributed by atoms with E-state index in [-0.39, 0.29) is 11.7 Å². The second kappa shape index (κ2) is 6.27. The van der Waals surface area contributed by atoms with Gasteiger partial charge in [0.1, 0.15) is 11.6 Å². The minimum atomic E-state index is -1.09. The van der Waals surface area contributed by atoms with Crippen molar-refractivity contribution in [3.05, 3.63) is 54.3 Å².